The third kappa shape index (κ3) is 11.9. The van der Waals surface area contributed by atoms with Crippen molar-refractivity contribution >= 4 is 34.4 Å². The van der Waals surface area contributed by atoms with Crippen LogP contribution in [0.2, 0.25) is 0 Å². The zero-order chi connectivity index (χ0) is 41.8. The van der Waals surface area contributed by atoms with Crippen molar-refractivity contribution in [2.45, 2.75) is 13.8 Å². The molecule has 2 N–H and O–H groups in total. The molecular weight excluding hydrogens is 1130 g/mol. The molecule has 0 saturated carbocycles. The van der Waals surface area contributed by atoms with E-state index in [-0.39, 0.29) is 53.9 Å². The number of fused-ring (bicyclic) bond motifs is 2. The molecule has 0 amide bonds. The van der Waals surface area contributed by atoms with Gasteiger partial charge in [-0.2, -0.15) is 74.0 Å². The fourth-order valence-corrected chi connectivity index (χ4v) is 6.60. The van der Waals surface area contributed by atoms with Crippen LogP contribution in [0.25, 0.3) is 22.3 Å². The molecule has 62 heavy (non-hydrogen) atoms. The molecule has 0 unspecified atom stereocenters. The topological polar surface area (TPSA) is 105 Å². The average Bonchev–Trinajstić information content (AvgIpc) is 3.81. The van der Waals surface area contributed by atoms with Gasteiger partial charge >= 0.3 is 42.1 Å². The quantitative estimate of drug-likeness (QED) is 0.166. The van der Waals surface area contributed by atoms with Crippen molar-refractivity contribution < 1.29 is 52.3 Å². The van der Waals surface area contributed by atoms with Crippen LogP contribution >= 0.6 is 0 Å². The van der Waals surface area contributed by atoms with Crippen LogP contribution in [0.15, 0.2) is 170 Å². The van der Waals surface area contributed by atoms with E-state index in [1.54, 1.807) is 12.1 Å². The van der Waals surface area contributed by atoms with Crippen molar-refractivity contribution in [3.05, 3.63) is 207 Å². The first-order chi connectivity index (χ1) is 29.2. The van der Waals surface area contributed by atoms with Crippen molar-refractivity contribution in [1.82, 2.24) is 19.9 Å². The Hall–Kier alpha value is -6.34. The first-order valence-corrected chi connectivity index (χ1v) is 19.3. The van der Waals surface area contributed by atoms with Gasteiger partial charge in [0.05, 0.1) is 0 Å². The van der Waals surface area contributed by atoms with E-state index in [1.165, 1.54) is 0 Å². The van der Waals surface area contributed by atoms with Gasteiger partial charge in [-0.25, -0.2) is 19.9 Å². The molecule has 0 atom stereocenters. The van der Waals surface area contributed by atoms with E-state index in [2.05, 4.69) is 54.0 Å². The molecule has 316 valence electrons. The number of hydrogen-bond acceptors (Lipinski definition) is 10. The number of aryl methyl sites for hydroxylation is 2. The first kappa shape index (κ1) is 46.7. The van der Waals surface area contributed by atoms with Gasteiger partial charge in [0.25, 0.3) is 0 Å². The maximum Gasteiger partial charge on any atom is 2.00 e. The summed E-state index contributed by atoms with van der Waals surface area (Å²) in [5, 5.41) is 18.7. The van der Waals surface area contributed by atoms with Gasteiger partial charge in [0.1, 0.15) is 11.6 Å². The molecule has 0 bridgehead atoms. The molecule has 10 rings (SSSR count). The van der Waals surface area contributed by atoms with Crippen molar-refractivity contribution in [2.75, 3.05) is 33.7 Å². The summed E-state index contributed by atoms with van der Waals surface area (Å²) in [7, 11) is 4.03. The van der Waals surface area contributed by atoms with Crippen LogP contribution in [-0.4, -0.2) is 44.2 Å². The molecular formula is C50H44N8O2Pt2. The minimum atomic E-state index is 0. The second kappa shape index (κ2) is 22.5. The summed E-state index contributed by atoms with van der Waals surface area (Å²) in [4.78, 5) is 24.8. The van der Waals surface area contributed by atoms with Gasteiger partial charge in [0.2, 0.25) is 11.8 Å². The number of hydrogen-bond donors (Lipinski definition) is 2. The molecule has 0 radical (unpaired) electrons. The van der Waals surface area contributed by atoms with E-state index in [1.807, 2.05) is 197 Å². The number of anilines is 6. The van der Waals surface area contributed by atoms with Crippen LogP contribution in [0, 0.1) is 39.3 Å². The molecule has 2 aliphatic rings. The Morgan fingerprint density at radius 2 is 0.855 bits per heavy atom. The first-order valence-electron chi connectivity index (χ1n) is 19.3. The molecule has 6 heterocycles. The molecule has 2 aliphatic heterocycles. The summed E-state index contributed by atoms with van der Waals surface area (Å²) in [6, 6.07) is 57.3. The smallest absolute Gasteiger partial charge is 0.502 e. The number of aromatic nitrogens is 4. The number of para-hydroxylation sites is 2. The van der Waals surface area contributed by atoms with E-state index >= 15 is 0 Å². The molecule has 0 spiro atoms. The molecule has 12 heteroatoms. The predicted octanol–water partition coefficient (Wildman–Crippen LogP) is 10.7. The number of aromatic hydroxyl groups is 2. The second-order valence-corrected chi connectivity index (χ2v) is 13.8. The Labute approximate surface area is 392 Å². The molecule has 0 aliphatic carbocycles. The van der Waals surface area contributed by atoms with Crippen molar-refractivity contribution in [3.8, 4) is 34.0 Å². The second-order valence-electron chi connectivity index (χ2n) is 13.8. The van der Waals surface area contributed by atoms with Crippen molar-refractivity contribution in [2.24, 2.45) is 0 Å². The van der Waals surface area contributed by atoms with Crippen LogP contribution < -0.4 is 19.6 Å². The van der Waals surface area contributed by atoms with Gasteiger partial charge in [-0.15, -0.1) is 11.4 Å². The van der Waals surface area contributed by atoms with Crippen LogP contribution in [0.3, 0.4) is 0 Å². The van der Waals surface area contributed by atoms with E-state index in [4.69, 9.17) is 0 Å². The fourth-order valence-electron chi connectivity index (χ4n) is 6.60. The molecule has 0 saturated heterocycles. The van der Waals surface area contributed by atoms with Gasteiger partial charge in [-0.1, -0.05) is 60.7 Å². The molecule has 10 nitrogen and oxygen atoms in total. The summed E-state index contributed by atoms with van der Waals surface area (Å²) in [6.07, 6.45) is 3.61. The third-order valence-electron chi connectivity index (χ3n) is 9.32. The van der Waals surface area contributed by atoms with Gasteiger partial charge in [-0.05, 0) is 86.6 Å². The van der Waals surface area contributed by atoms with Crippen LogP contribution in [0.5, 0.6) is 11.8 Å². The van der Waals surface area contributed by atoms with Gasteiger partial charge in [0, 0.05) is 47.3 Å². The normalized spacial score (nSPS) is 11.8. The Kier molecular flexibility index (Phi) is 16.9. The Morgan fingerprint density at radius 1 is 0.468 bits per heavy atom. The molecule has 0 fully saturated rings. The summed E-state index contributed by atoms with van der Waals surface area (Å²) in [5.74, 6) is 2.05. The number of rotatable bonds is 4. The Balaban J connectivity index is 0.000000155. The molecule has 4 aromatic heterocycles. The summed E-state index contributed by atoms with van der Waals surface area (Å²) in [6.45, 7) is 7.77. The van der Waals surface area contributed by atoms with E-state index in [0.29, 0.717) is 0 Å². The maximum atomic E-state index is 9.34. The zero-order valence-corrected chi connectivity index (χ0v) is 39.0. The Morgan fingerprint density at radius 3 is 1.21 bits per heavy atom. The Bertz CT molecular complexity index is 2390. The number of pyridine rings is 4. The van der Waals surface area contributed by atoms with Crippen LogP contribution in [-0.2, 0) is 42.1 Å². The van der Waals surface area contributed by atoms with E-state index in [9.17, 15) is 10.2 Å². The van der Waals surface area contributed by atoms with Gasteiger partial charge < -0.3 is 29.8 Å². The zero-order valence-electron chi connectivity index (χ0n) is 34.4. The maximum absolute atomic E-state index is 9.34. The number of benzene rings is 4. The summed E-state index contributed by atoms with van der Waals surface area (Å²) >= 11 is 0. The van der Waals surface area contributed by atoms with Crippen LogP contribution in [0.4, 0.5) is 34.4 Å². The van der Waals surface area contributed by atoms with Gasteiger partial charge in [0.15, 0.2) is 0 Å². The average molecular weight is 1180 g/mol. The van der Waals surface area contributed by atoms with Gasteiger partial charge in [-0.3, -0.25) is 0 Å². The third-order valence-corrected chi connectivity index (χ3v) is 9.32. The van der Waals surface area contributed by atoms with Crippen molar-refractivity contribution in [3.63, 3.8) is 0 Å². The van der Waals surface area contributed by atoms with Crippen molar-refractivity contribution in [1.29, 1.82) is 0 Å². The largest absolute Gasteiger partial charge is 2.00 e. The fraction of sp³-hybridized carbons (Fsp3) is 0.0800. The number of nitrogens with zero attached hydrogens (tertiary/aromatic N) is 8. The van der Waals surface area contributed by atoms with E-state index < -0.39 is 0 Å². The molecule has 4 aromatic carbocycles. The summed E-state index contributed by atoms with van der Waals surface area (Å²) < 4.78 is 0. The SMILES string of the molecule is CN1[CH-]N(c2[c-]cccc2)c2ncccc21.CN1[CH-]N(c2[c-]cccc2)c2ncccc21.Cc1cc(-c2ccccc2)cc(O)n1.Cc1cc(-c2ccccc2)cc(O)n1.[Pt+2].[Pt+2]. The minimum Gasteiger partial charge on any atom is -0.502 e. The summed E-state index contributed by atoms with van der Waals surface area (Å²) in [5.41, 5.74) is 10.1. The predicted molar refractivity (Wildman–Crippen MR) is 241 cm³/mol. The van der Waals surface area contributed by atoms with Crippen LogP contribution in [0.1, 0.15) is 11.4 Å². The monoisotopic (exact) mass is 1180 g/mol. The minimum absolute atomic E-state index is 0. The standard InChI is InChI=1S/2C13H11N3.2C12H11NO.2Pt/c2*1-15-10-16(11-6-3-2-4-7-11)13-12(15)8-5-9-14-13;2*1-9-7-11(8-12(14)13-9)10-5-3-2-4-6-10;;/h2*2-6,8-10H,1H3;2*2-8H,1H3,(H,13,14);;/q2*-2;;;2*+2. The van der Waals surface area contributed by atoms with E-state index in [0.717, 1.165) is 68.0 Å². The molecule has 8 aromatic rings.